The molecule has 0 bridgehead atoms. The standard InChI is InChI=1S/C16H17N3O3S/c1-21-16(20)15-13(17)9-5-6-11-10(14(9)23-15)8-18-19(11)12-4-2-3-7-22-12/h5-6,8,12H,2-4,7,17H2,1H3. The molecule has 0 saturated carbocycles. The lowest BCUT2D eigenvalue weighted by molar-refractivity contribution is -0.0366. The molecule has 0 aliphatic carbocycles. The van der Waals surface area contributed by atoms with Gasteiger partial charge in [-0.25, -0.2) is 9.48 Å². The zero-order chi connectivity index (χ0) is 16.0. The highest BCUT2D eigenvalue weighted by atomic mass is 32.1. The summed E-state index contributed by atoms with van der Waals surface area (Å²) in [6.07, 6.45) is 5.02. The van der Waals surface area contributed by atoms with Gasteiger partial charge in [0.1, 0.15) is 4.88 Å². The van der Waals surface area contributed by atoms with Crippen molar-refractivity contribution in [3.63, 3.8) is 0 Å². The number of nitrogens with zero attached hydrogens (tertiary/aromatic N) is 2. The molecule has 6 nitrogen and oxygen atoms in total. The number of nitrogens with two attached hydrogens (primary N) is 1. The minimum Gasteiger partial charge on any atom is -0.465 e. The van der Waals surface area contributed by atoms with Gasteiger partial charge in [-0.2, -0.15) is 5.10 Å². The van der Waals surface area contributed by atoms with E-state index in [2.05, 4.69) is 5.10 Å². The maximum atomic E-state index is 11.9. The molecule has 120 valence electrons. The van der Waals surface area contributed by atoms with Gasteiger partial charge < -0.3 is 15.2 Å². The number of rotatable bonds is 2. The molecule has 1 aliphatic heterocycles. The number of methoxy groups -OCH3 is 1. The number of carbonyl (C=O) groups is 1. The van der Waals surface area contributed by atoms with E-state index in [1.165, 1.54) is 18.4 Å². The monoisotopic (exact) mass is 331 g/mol. The summed E-state index contributed by atoms with van der Waals surface area (Å²) in [5.74, 6) is -0.403. The normalized spacial score (nSPS) is 18.6. The van der Waals surface area contributed by atoms with E-state index in [1.807, 2.05) is 23.0 Å². The molecule has 1 aromatic carbocycles. The summed E-state index contributed by atoms with van der Waals surface area (Å²) in [5, 5.41) is 6.37. The number of hydrogen-bond donors (Lipinski definition) is 1. The minimum atomic E-state index is -0.403. The number of anilines is 1. The lowest BCUT2D eigenvalue weighted by atomic mass is 10.1. The third kappa shape index (κ3) is 2.19. The Labute approximate surface area is 136 Å². The second-order valence-electron chi connectivity index (χ2n) is 5.62. The third-order valence-electron chi connectivity index (χ3n) is 4.27. The molecule has 3 aromatic rings. The summed E-state index contributed by atoms with van der Waals surface area (Å²) in [6, 6.07) is 3.93. The van der Waals surface area contributed by atoms with Crippen molar-refractivity contribution in [2.24, 2.45) is 0 Å². The van der Waals surface area contributed by atoms with Crippen LogP contribution in [0.3, 0.4) is 0 Å². The molecule has 1 unspecified atom stereocenters. The predicted octanol–water partition coefficient (Wildman–Crippen LogP) is 3.32. The lowest BCUT2D eigenvalue weighted by Gasteiger charge is -2.23. The Morgan fingerprint density at radius 3 is 3.04 bits per heavy atom. The number of benzene rings is 1. The highest BCUT2D eigenvalue weighted by molar-refractivity contribution is 7.22. The van der Waals surface area contributed by atoms with Gasteiger partial charge in [-0.15, -0.1) is 11.3 Å². The molecule has 1 aliphatic rings. The Kier molecular flexibility index (Phi) is 3.46. The predicted molar refractivity (Wildman–Crippen MR) is 89.7 cm³/mol. The fraction of sp³-hybridized carbons (Fsp3) is 0.375. The SMILES string of the molecule is COC(=O)c1sc2c(ccc3c2cnn3C2CCCCO2)c1N. The van der Waals surface area contributed by atoms with Gasteiger partial charge in [0.15, 0.2) is 6.23 Å². The first-order valence-corrected chi connectivity index (χ1v) is 8.40. The summed E-state index contributed by atoms with van der Waals surface area (Å²) in [5.41, 5.74) is 7.59. The van der Waals surface area contributed by atoms with Gasteiger partial charge in [0, 0.05) is 22.1 Å². The molecule has 0 amide bonds. The molecule has 1 saturated heterocycles. The molecule has 1 fully saturated rings. The first kappa shape index (κ1) is 14.5. The van der Waals surface area contributed by atoms with Crippen molar-refractivity contribution in [2.75, 3.05) is 19.5 Å². The van der Waals surface area contributed by atoms with E-state index in [0.29, 0.717) is 10.6 Å². The number of hydrogen-bond acceptors (Lipinski definition) is 6. The molecular formula is C16H17N3O3S. The van der Waals surface area contributed by atoms with Crippen LogP contribution in [0.25, 0.3) is 21.0 Å². The summed E-state index contributed by atoms with van der Waals surface area (Å²) in [7, 11) is 1.36. The zero-order valence-electron chi connectivity index (χ0n) is 12.7. The Morgan fingerprint density at radius 1 is 1.43 bits per heavy atom. The first-order chi connectivity index (χ1) is 11.2. The highest BCUT2D eigenvalue weighted by Crippen LogP contribution is 2.39. The molecule has 0 radical (unpaired) electrons. The van der Waals surface area contributed by atoms with Crippen molar-refractivity contribution in [1.29, 1.82) is 0 Å². The molecule has 2 N–H and O–H groups in total. The zero-order valence-corrected chi connectivity index (χ0v) is 13.6. The lowest BCUT2D eigenvalue weighted by Crippen LogP contribution is -2.18. The Bertz CT molecular complexity index is 893. The van der Waals surface area contributed by atoms with Crippen LogP contribution in [0.1, 0.15) is 35.2 Å². The van der Waals surface area contributed by atoms with Crippen LogP contribution in [0, 0.1) is 0 Å². The summed E-state index contributed by atoms with van der Waals surface area (Å²) in [6.45, 7) is 0.771. The van der Waals surface area contributed by atoms with E-state index in [-0.39, 0.29) is 6.23 Å². The molecule has 4 rings (SSSR count). The van der Waals surface area contributed by atoms with Gasteiger partial charge in [-0.1, -0.05) is 0 Å². The molecule has 1 atom stereocenters. The second-order valence-corrected chi connectivity index (χ2v) is 6.64. The quantitative estimate of drug-likeness (QED) is 0.729. The third-order valence-corrected chi connectivity index (χ3v) is 5.50. The summed E-state index contributed by atoms with van der Waals surface area (Å²) < 4.78 is 13.5. The van der Waals surface area contributed by atoms with E-state index in [9.17, 15) is 4.79 Å². The van der Waals surface area contributed by atoms with Gasteiger partial charge in [-0.05, 0) is 31.4 Å². The van der Waals surface area contributed by atoms with Crippen LogP contribution in [0.15, 0.2) is 18.3 Å². The fourth-order valence-electron chi connectivity index (χ4n) is 3.09. The number of ether oxygens (including phenoxy) is 2. The smallest absolute Gasteiger partial charge is 0.350 e. The Hall–Kier alpha value is -2.12. The van der Waals surface area contributed by atoms with Gasteiger partial charge in [0.2, 0.25) is 0 Å². The van der Waals surface area contributed by atoms with Crippen molar-refractivity contribution in [3.05, 3.63) is 23.2 Å². The summed E-state index contributed by atoms with van der Waals surface area (Å²) in [4.78, 5) is 12.3. The van der Waals surface area contributed by atoms with E-state index < -0.39 is 5.97 Å². The van der Waals surface area contributed by atoms with Crippen LogP contribution in [0.4, 0.5) is 5.69 Å². The topological polar surface area (TPSA) is 79.4 Å². The maximum Gasteiger partial charge on any atom is 0.350 e. The Morgan fingerprint density at radius 2 is 2.30 bits per heavy atom. The number of thiophene rings is 1. The van der Waals surface area contributed by atoms with Crippen molar-refractivity contribution in [1.82, 2.24) is 9.78 Å². The van der Waals surface area contributed by atoms with Crippen LogP contribution in [-0.4, -0.2) is 29.5 Å². The molecular weight excluding hydrogens is 314 g/mol. The van der Waals surface area contributed by atoms with Crippen molar-refractivity contribution >= 4 is 44.0 Å². The van der Waals surface area contributed by atoms with Crippen molar-refractivity contribution < 1.29 is 14.3 Å². The van der Waals surface area contributed by atoms with Crippen molar-refractivity contribution in [2.45, 2.75) is 25.5 Å². The first-order valence-electron chi connectivity index (χ1n) is 7.59. The maximum absolute atomic E-state index is 11.9. The van der Waals surface area contributed by atoms with Gasteiger partial charge in [0.25, 0.3) is 0 Å². The molecule has 7 heteroatoms. The average Bonchev–Trinajstić information content (AvgIpc) is 3.16. The van der Waals surface area contributed by atoms with Gasteiger partial charge in [0.05, 0.1) is 24.5 Å². The van der Waals surface area contributed by atoms with E-state index >= 15 is 0 Å². The van der Waals surface area contributed by atoms with Crippen LogP contribution in [0.2, 0.25) is 0 Å². The Balaban J connectivity index is 1.89. The number of fused-ring (bicyclic) bond motifs is 3. The average molecular weight is 331 g/mol. The molecule has 23 heavy (non-hydrogen) atoms. The number of esters is 1. The number of nitrogen functional groups attached to an aromatic ring is 1. The highest BCUT2D eigenvalue weighted by Gasteiger charge is 2.22. The molecule has 3 heterocycles. The van der Waals surface area contributed by atoms with E-state index in [4.69, 9.17) is 15.2 Å². The van der Waals surface area contributed by atoms with E-state index in [0.717, 1.165) is 46.9 Å². The van der Waals surface area contributed by atoms with Gasteiger partial charge in [-0.3, -0.25) is 0 Å². The van der Waals surface area contributed by atoms with Crippen LogP contribution >= 0.6 is 11.3 Å². The second kappa shape index (κ2) is 5.50. The van der Waals surface area contributed by atoms with Crippen molar-refractivity contribution in [3.8, 4) is 0 Å². The number of carbonyl (C=O) groups excluding carboxylic acids is 1. The minimum absolute atomic E-state index is 0.0175. The number of aromatic nitrogens is 2. The van der Waals surface area contributed by atoms with E-state index in [1.54, 1.807) is 0 Å². The fourth-order valence-corrected chi connectivity index (χ4v) is 4.23. The van der Waals surface area contributed by atoms with Crippen LogP contribution < -0.4 is 5.73 Å². The van der Waals surface area contributed by atoms with Gasteiger partial charge >= 0.3 is 5.97 Å². The van der Waals surface area contributed by atoms with Crippen LogP contribution in [0.5, 0.6) is 0 Å². The largest absolute Gasteiger partial charge is 0.465 e. The van der Waals surface area contributed by atoms with Crippen LogP contribution in [-0.2, 0) is 9.47 Å². The summed E-state index contributed by atoms with van der Waals surface area (Å²) >= 11 is 1.35. The molecule has 2 aromatic heterocycles. The molecule has 0 spiro atoms.